The number of carbonyl (C=O) groups is 1. The Morgan fingerprint density at radius 2 is 1.90 bits per heavy atom. The first-order chi connectivity index (χ1) is 9.54. The minimum Gasteiger partial charge on any atom is -0.504 e. The third-order valence-corrected chi connectivity index (χ3v) is 3.27. The molecule has 1 amide bonds. The third-order valence-electron chi connectivity index (χ3n) is 2.64. The van der Waals surface area contributed by atoms with Crippen molar-refractivity contribution in [2.24, 2.45) is 0 Å². The lowest BCUT2D eigenvalue weighted by molar-refractivity contribution is 0.102. The normalized spacial score (nSPS) is 10.2. The number of phenols is 1. The van der Waals surface area contributed by atoms with Crippen LogP contribution in [0.15, 0.2) is 36.4 Å². The van der Waals surface area contributed by atoms with Gasteiger partial charge in [-0.3, -0.25) is 4.79 Å². The number of aromatic hydroxyl groups is 1. The summed E-state index contributed by atoms with van der Waals surface area (Å²) in [5.74, 6) is -0.515. The first kappa shape index (κ1) is 14.5. The zero-order chi connectivity index (χ0) is 14.7. The molecule has 2 N–H and O–H groups in total. The van der Waals surface area contributed by atoms with Crippen LogP contribution >= 0.6 is 23.2 Å². The fourth-order valence-corrected chi connectivity index (χ4v) is 2.27. The van der Waals surface area contributed by atoms with Crippen LogP contribution in [0.2, 0.25) is 10.0 Å². The number of nitrogens with one attached hydrogen (secondary N) is 1. The zero-order valence-corrected chi connectivity index (χ0v) is 12.0. The Kier molecular flexibility index (Phi) is 4.37. The van der Waals surface area contributed by atoms with Crippen LogP contribution in [0.25, 0.3) is 0 Å². The Morgan fingerprint density at radius 1 is 1.25 bits per heavy atom. The van der Waals surface area contributed by atoms with Crippen LogP contribution in [0, 0.1) is 0 Å². The summed E-state index contributed by atoms with van der Waals surface area (Å²) >= 11 is 11.9. The predicted octanol–water partition coefficient (Wildman–Crippen LogP) is 3.96. The van der Waals surface area contributed by atoms with Crippen LogP contribution in [-0.4, -0.2) is 18.1 Å². The average molecular weight is 312 g/mol. The summed E-state index contributed by atoms with van der Waals surface area (Å²) in [5.41, 5.74) is 0.574. The van der Waals surface area contributed by atoms with Crippen molar-refractivity contribution < 1.29 is 14.6 Å². The second kappa shape index (κ2) is 6.03. The topological polar surface area (TPSA) is 58.6 Å². The Hall–Kier alpha value is -1.91. The van der Waals surface area contributed by atoms with Crippen LogP contribution in [0.4, 0.5) is 5.69 Å². The van der Waals surface area contributed by atoms with Crippen LogP contribution in [-0.2, 0) is 0 Å². The number of methoxy groups -OCH3 is 1. The molecule has 0 unspecified atom stereocenters. The Bertz CT molecular complexity index is 645. The zero-order valence-electron chi connectivity index (χ0n) is 10.5. The summed E-state index contributed by atoms with van der Waals surface area (Å²) in [5, 5.41) is 12.6. The second-order valence-corrected chi connectivity index (χ2v) is 4.71. The van der Waals surface area contributed by atoms with E-state index in [0.29, 0.717) is 5.56 Å². The summed E-state index contributed by atoms with van der Waals surface area (Å²) in [6.45, 7) is 0. The molecule has 0 bridgehead atoms. The van der Waals surface area contributed by atoms with Crippen LogP contribution in [0.3, 0.4) is 0 Å². The molecule has 4 nitrogen and oxygen atoms in total. The van der Waals surface area contributed by atoms with E-state index in [9.17, 15) is 9.90 Å². The van der Waals surface area contributed by atoms with E-state index >= 15 is 0 Å². The standard InChI is InChI=1S/C14H11Cl2NO3/c1-20-13-9(15)7-10(12(18)11(13)16)17-14(19)8-5-3-2-4-6-8/h2-7,18H,1H3,(H,17,19). The van der Waals surface area contributed by atoms with E-state index in [4.69, 9.17) is 27.9 Å². The van der Waals surface area contributed by atoms with E-state index < -0.39 is 0 Å². The molecule has 0 atom stereocenters. The number of hydrogen-bond acceptors (Lipinski definition) is 3. The van der Waals surface area contributed by atoms with Gasteiger partial charge >= 0.3 is 0 Å². The highest BCUT2D eigenvalue weighted by molar-refractivity contribution is 6.39. The molecule has 2 aromatic rings. The Balaban J connectivity index is 2.33. The van der Waals surface area contributed by atoms with Crippen LogP contribution in [0.5, 0.6) is 11.5 Å². The number of carbonyl (C=O) groups excluding carboxylic acids is 1. The molecule has 20 heavy (non-hydrogen) atoms. The summed E-state index contributed by atoms with van der Waals surface area (Å²) in [7, 11) is 1.38. The molecule has 0 heterocycles. The maximum Gasteiger partial charge on any atom is 0.255 e. The van der Waals surface area contributed by atoms with Gasteiger partial charge in [0.1, 0.15) is 5.02 Å². The first-order valence-electron chi connectivity index (χ1n) is 5.66. The number of anilines is 1. The molecule has 0 aliphatic rings. The highest BCUT2D eigenvalue weighted by atomic mass is 35.5. The van der Waals surface area contributed by atoms with Crippen molar-refractivity contribution in [2.75, 3.05) is 12.4 Å². The van der Waals surface area contributed by atoms with Gasteiger partial charge in [-0.25, -0.2) is 0 Å². The summed E-state index contributed by atoms with van der Waals surface area (Å²) in [6.07, 6.45) is 0. The average Bonchev–Trinajstić information content (AvgIpc) is 2.46. The molecule has 0 aromatic heterocycles. The van der Waals surface area contributed by atoms with Crippen molar-refractivity contribution >= 4 is 34.8 Å². The van der Waals surface area contributed by atoms with Gasteiger partial charge in [-0.05, 0) is 18.2 Å². The Labute approximate surface area is 125 Å². The third kappa shape index (κ3) is 2.81. The van der Waals surface area contributed by atoms with Crippen molar-refractivity contribution in [3.8, 4) is 11.5 Å². The van der Waals surface area contributed by atoms with E-state index in [-0.39, 0.29) is 33.1 Å². The van der Waals surface area contributed by atoms with Gasteiger partial charge in [0.15, 0.2) is 11.5 Å². The SMILES string of the molecule is COc1c(Cl)cc(NC(=O)c2ccccc2)c(O)c1Cl. The van der Waals surface area contributed by atoms with Crippen molar-refractivity contribution in [3.05, 3.63) is 52.0 Å². The van der Waals surface area contributed by atoms with Crippen molar-refractivity contribution in [1.82, 2.24) is 0 Å². The van der Waals surface area contributed by atoms with E-state index in [1.807, 2.05) is 0 Å². The molecule has 0 aliphatic heterocycles. The number of ether oxygens (including phenoxy) is 1. The maximum absolute atomic E-state index is 12.0. The summed E-state index contributed by atoms with van der Waals surface area (Å²) in [6, 6.07) is 9.96. The van der Waals surface area contributed by atoms with Gasteiger partial charge < -0.3 is 15.2 Å². The highest BCUT2D eigenvalue weighted by Gasteiger charge is 2.18. The second-order valence-electron chi connectivity index (χ2n) is 3.92. The molecule has 0 saturated carbocycles. The Morgan fingerprint density at radius 3 is 2.50 bits per heavy atom. The minimum atomic E-state index is -0.377. The van der Waals surface area contributed by atoms with Gasteiger partial charge in [0.05, 0.1) is 17.8 Å². The molecule has 104 valence electrons. The molecular formula is C14H11Cl2NO3. The van der Waals surface area contributed by atoms with Gasteiger partial charge in [0, 0.05) is 5.56 Å². The number of phenolic OH excluding ortho intramolecular Hbond substituents is 1. The van der Waals surface area contributed by atoms with E-state index in [2.05, 4.69) is 5.32 Å². The molecule has 0 aliphatic carbocycles. The van der Waals surface area contributed by atoms with E-state index in [1.165, 1.54) is 13.2 Å². The van der Waals surface area contributed by atoms with Crippen LogP contribution in [0.1, 0.15) is 10.4 Å². The number of rotatable bonds is 3. The quantitative estimate of drug-likeness (QED) is 0.843. The molecule has 0 fully saturated rings. The number of benzene rings is 2. The van der Waals surface area contributed by atoms with E-state index in [1.54, 1.807) is 30.3 Å². The molecular weight excluding hydrogens is 301 g/mol. The lowest BCUT2D eigenvalue weighted by atomic mass is 10.2. The number of halogens is 2. The van der Waals surface area contributed by atoms with Crippen molar-refractivity contribution in [1.29, 1.82) is 0 Å². The monoisotopic (exact) mass is 311 g/mol. The van der Waals surface area contributed by atoms with Crippen molar-refractivity contribution in [2.45, 2.75) is 0 Å². The van der Waals surface area contributed by atoms with E-state index in [0.717, 1.165) is 0 Å². The number of hydrogen-bond donors (Lipinski definition) is 2. The predicted molar refractivity (Wildman–Crippen MR) is 79.1 cm³/mol. The maximum atomic E-state index is 12.0. The molecule has 0 spiro atoms. The molecule has 2 rings (SSSR count). The van der Waals surface area contributed by atoms with Gasteiger partial charge in [-0.2, -0.15) is 0 Å². The number of amides is 1. The molecule has 0 saturated heterocycles. The lowest BCUT2D eigenvalue weighted by Crippen LogP contribution is -2.12. The lowest BCUT2D eigenvalue weighted by Gasteiger charge is -2.12. The van der Waals surface area contributed by atoms with Gasteiger partial charge in [0.25, 0.3) is 5.91 Å². The molecule has 6 heteroatoms. The summed E-state index contributed by atoms with van der Waals surface area (Å²) < 4.78 is 4.96. The summed E-state index contributed by atoms with van der Waals surface area (Å²) in [4.78, 5) is 12.0. The first-order valence-corrected chi connectivity index (χ1v) is 6.41. The van der Waals surface area contributed by atoms with Gasteiger partial charge in [0.2, 0.25) is 0 Å². The van der Waals surface area contributed by atoms with Gasteiger partial charge in [-0.1, -0.05) is 41.4 Å². The molecule has 0 radical (unpaired) electrons. The fraction of sp³-hybridized carbons (Fsp3) is 0.0714. The highest BCUT2D eigenvalue weighted by Crippen LogP contribution is 2.44. The molecule has 2 aromatic carbocycles. The largest absolute Gasteiger partial charge is 0.504 e. The fourth-order valence-electron chi connectivity index (χ4n) is 1.66. The van der Waals surface area contributed by atoms with Crippen LogP contribution < -0.4 is 10.1 Å². The minimum absolute atomic E-state index is 0.0524. The smallest absolute Gasteiger partial charge is 0.255 e. The van der Waals surface area contributed by atoms with Gasteiger partial charge in [-0.15, -0.1) is 0 Å². The van der Waals surface area contributed by atoms with Crippen molar-refractivity contribution in [3.63, 3.8) is 0 Å².